The van der Waals surface area contributed by atoms with Crippen LogP contribution < -0.4 is 17.1 Å². The summed E-state index contributed by atoms with van der Waals surface area (Å²) in [6, 6.07) is 0. The van der Waals surface area contributed by atoms with Gasteiger partial charge in [0.15, 0.2) is 0 Å². The zero-order valence-corrected chi connectivity index (χ0v) is 18.8. The maximum absolute atomic E-state index is 12.8. The molecular formula is C18H27N3O15. The Bertz CT molecular complexity index is 911. The molecule has 0 saturated heterocycles. The van der Waals surface area contributed by atoms with Crippen LogP contribution in [0.15, 0.2) is 14.4 Å². The SMILES string of the molecule is O=C(CO)OC(O)CCn1c(=O)n(CCC(O)OC(=O)CO)c(=O)n(CCC(O)OC(=O)CO)c1=O. The molecule has 0 aliphatic rings. The van der Waals surface area contributed by atoms with Crippen molar-refractivity contribution in [2.24, 2.45) is 0 Å². The fourth-order valence-corrected chi connectivity index (χ4v) is 2.72. The van der Waals surface area contributed by atoms with Gasteiger partial charge in [-0.15, -0.1) is 0 Å². The molecule has 0 fully saturated rings. The molecule has 18 heteroatoms. The molecule has 1 heterocycles. The Morgan fingerprint density at radius 3 is 0.972 bits per heavy atom. The van der Waals surface area contributed by atoms with E-state index >= 15 is 0 Å². The summed E-state index contributed by atoms with van der Waals surface area (Å²) in [7, 11) is 0. The third-order valence-electron chi connectivity index (χ3n) is 4.37. The third kappa shape index (κ3) is 9.32. The van der Waals surface area contributed by atoms with Gasteiger partial charge in [-0.3, -0.25) is 0 Å². The summed E-state index contributed by atoms with van der Waals surface area (Å²) in [6.07, 6.45) is -7.05. The monoisotopic (exact) mass is 525 g/mol. The van der Waals surface area contributed by atoms with Gasteiger partial charge in [0.25, 0.3) is 0 Å². The molecule has 0 aromatic carbocycles. The molecule has 6 N–H and O–H groups in total. The van der Waals surface area contributed by atoms with Gasteiger partial charge in [-0.2, -0.15) is 0 Å². The van der Waals surface area contributed by atoms with Crippen molar-refractivity contribution in [2.75, 3.05) is 19.8 Å². The Labute approximate surface area is 200 Å². The smallest absolute Gasteiger partial charge is 0.336 e. The van der Waals surface area contributed by atoms with Crippen molar-refractivity contribution in [1.82, 2.24) is 13.7 Å². The van der Waals surface area contributed by atoms with Crippen LogP contribution in [0.25, 0.3) is 0 Å². The number of carbonyl (C=O) groups is 3. The Morgan fingerprint density at radius 1 is 0.556 bits per heavy atom. The Hall–Kier alpha value is -3.42. The molecule has 0 spiro atoms. The molecule has 0 radical (unpaired) electrons. The number of carbonyl (C=O) groups excluding carboxylic acids is 3. The summed E-state index contributed by atoms with van der Waals surface area (Å²) < 4.78 is 14.6. The standard InChI is InChI=1S/C18H27N3O15/c22-7-13(28)34-10(25)1-4-19-16(31)20(5-2-11(26)35-14(29)8-23)18(33)21(17(19)32)6-3-12(27)36-15(30)9-24/h10-12,22-27H,1-9H2. The van der Waals surface area contributed by atoms with E-state index in [2.05, 4.69) is 14.2 Å². The van der Waals surface area contributed by atoms with E-state index in [4.69, 9.17) is 15.3 Å². The molecule has 0 aliphatic carbocycles. The maximum atomic E-state index is 12.8. The van der Waals surface area contributed by atoms with E-state index in [1.807, 2.05) is 0 Å². The molecule has 0 bridgehead atoms. The molecule has 36 heavy (non-hydrogen) atoms. The Morgan fingerprint density at radius 2 is 0.778 bits per heavy atom. The Balaban J connectivity index is 3.26. The van der Waals surface area contributed by atoms with Crippen molar-refractivity contribution >= 4 is 17.9 Å². The van der Waals surface area contributed by atoms with Crippen molar-refractivity contribution in [1.29, 1.82) is 0 Å². The van der Waals surface area contributed by atoms with Crippen LogP contribution in [-0.4, -0.2) is 101 Å². The third-order valence-corrected chi connectivity index (χ3v) is 4.37. The lowest BCUT2D eigenvalue weighted by Crippen LogP contribution is -2.55. The largest absolute Gasteiger partial charge is 0.434 e. The first-order valence-electron chi connectivity index (χ1n) is 10.3. The van der Waals surface area contributed by atoms with Gasteiger partial charge in [0.1, 0.15) is 19.8 Å². The maximum Gasteiger partial charge on any atom is 0.336 e. The second kappa shape index (κ2) is 14.9. The van der Waals surface area contributed by atoms with E-state index < -0.39 is 113 Å². The van der Waals surface area contributed by atoms with Crippen molar-refractivity contribution in [3.8, 4) is 0 Å². The lowest BCUT2D eigenvalue weighted by atomic mass is 10.4. The number of hydrogen-bond donors (Lipinski definition) is 6. The van der Waals surface area contributed by atoms with Crippen LogP contribution in [0.1, 0.15) is 19.3 Å². The summed E-state index contributed by atoms with van der Waals surface area (Å²) in [4.78, 5) is 71.5. The first-order valence-corrected chi connectivity index (χ1v) is 10.3. The zero-order valence-electron chi connectivity index (χ0n) is 18.8. The van der Waals surface area contributed by atoms with Gasteiger partial charge in [-0.25, -0.2) is 42.5 Å². The highest BCUT2D eigenvalue weighted by molar-refractivity contribution is 5.71. The van der Waals surface area contributed by atoms with Crippen LogP contribution in [0, 0.1) is 0 Å². The number of esters is 3. The molecule has 3 atom stereocenters. The number of aromatic nitrogens is 3. The quantitative estimate of drug-likeness (QED) is 0.0706. The molecule has 1 aromatic heterocycles. The molecule has 0 amide bonds. The molecule has 3 unspecified atom stereocenters. The number of aliphatic hydroxyl groups excluding tert-OH is 6. The van der Waals surface area contributed by atoms with Crippen LogP contribution in [0.5, 0.6) is 0 Å². The number of aliphatic hydroxyl groups is 6. The first-order chi connectivity index (χ1) is 16.9. The van der Waals surface area contributed by atoms with Crippen LogP contribution in [0.4, 0.5) is 0 Å². The zero-order chi connectivity index (χ0) is 27.4. The highest BCUT2D eigenvalue weighted by Gasteiger charge is 2.20. The van der Waals surface area contributed by atoms with Crippen molar-refractivity contribution in [3.63, 3.8) is 0 Å². The van der Waals surface area contributed by atoms with Gasteiger partial charge in [0.05, 0.1) is 0 Å². The highest BCUT2D eigenvalue weighted by Crippen LogP contribution is 2.00. The molecular weight excluding hydrogens is 498 g/mol. The van der Waals surface area contributed by atoms with Gasteiger partial charge in [-0.05, 0) is 0 Å². The second-order valence-corrected chi connectivity index (χ2v) is 6.98. The normalized spacial score (nSPS) is 13.5. The van der Waals surface area contributed by atoms with Crippen LogP contribution in [0.3, 0.4) is 0 Å². The summed E-state index contributed by atoms with van der Waals surface area (Å²) in [5, 5.41) is 55.0. The lowest BCUT2D eigenvalue weighted by Gasteiger charge is -2.17. The predicted molar refractivity (Wildman–Crippen MR) is 111 cm³/mol. The van der Waals surface area contributed by atoms with E-state index in [1.165, 1.54) is 0 Å². The fourth-order valence-electron chi connectivity index (χ4n) is 2.72. The van der Waals surface area contributed by atoms with Crippen molar-refractivity contribution < 1.29 is 59.2 Å². The number of ether oxygens (including phenoxy) is 3. The summed E-state index contributed by atoms with van der Waals surface area (Å²) in [5.74, 6) is -3.56. The molecule has 1 rings (SSSR count). The fraction of sp³-hybridized carbons (Fsp3) is 0.667. The van der Waals surface area contributed by atoms with Crippen LogP contribution in [0.2, 0.25) is 0 Å². The number of hydrogen-bond acceptors (Lipinski definition) is 15. The van der Waals surface area contributed by atoms with Gasteiger partial charge in [-0.1, -0.05) is 0 Å². The van der Waals surface area contributed by atoms with E-state index in [-0.39, 0.29) is 0 Å². The minimum absolute atomic E-state index is 0.468. The van der Waals surface area contributed by atoms with Crippen molar-refractivity contribution in [3.05, 3.63) is 31.5 Å². The topological polar surface area (TPSA) is 266 Å². The predicted octanol–water partition coefficient (Wildman–Crippen LogP) is -6.10. The van der Waals surface area contributed by atoms with Gasteiger partial charge < -0.3 is 44.8 Å². The number of rotatable bonds is 15. The lowest BCUT2D eigenvalue weighted by molar-refractivity contribution is -0.173. The summed E-state index contributed by atoms with van der Waals surface area (Å²) in [6.45, 7) is -4.91. The second-order valence-electron chi connectivity index (χ2n) is 6.98. The minimum atomic E-state index is -1.83. The molecule has 204 valence electrons. The Kier molecular flexibility index (Phi) is 12.6. The summed E-state index contributed by atoms with van der Waals surface area (Å²) >= 11 is 0. The van der Waals surface area contributed by atoms with Crippen LogP contribution >= 0.6 is 0 Å². The molecule has 1 aromatic rings. The van der Waals surface area contributed by atoms with Crippen LogP contribution in [-0.2, 0) is 48.2 Å². The summed E-state index contributed by atoms with van der Waals surface area (Å²) in [5.41, 5.74) is -3.64. The molecule has 0 aliphatic heterocycles. The first kappa shape index (κ1) is 30.6. The van der Waals surface area contributed by atoms with Gasteiger partial charge in [0.2, 0.25) is 18.9 Å². The van der Waals surface area contributed by atoms with Gasteiger partial charge >= 0.3 is 35.0 Å². The molecule has 18 nitrogen and oxygen atoms in total. The highest BCUT2D eigenvalue weighted by atomic mass is 16.7. The van der Waals surface area contributed by atoms with Crippen molar-refractivity contribution in [2.45, 2.75) is 57.8 Å². The average Bonchev–Trinajstić information content (AvgIpc) is 2.83. The van der Waals surface area contributed by atoms with E-state index in [0.717, 1.165) is 0 Å². The number of nitrogens with zero attached hydrogens (tertiary/aromatic N) is 3. The van der Waals surface area contributed by atoms with E-state index in [9.17, 15) is 44.1 Å². The molecule has 0 saturated carbocycles. The van der Waals surface area contributed by atoms with Gasteiger partial charge in [0, 0.05) is 38.9 Å². The van der Waals surface area contributed by atoms with E-state index in [0.29, 0.717) is 13.7 Å². The minimum Gasteiger partial charge on any atom is -0.434 e. The average molecular weight is 525 g/mol. The van der Waals surface area contributed by atoms with E-state index in [1.54, 1.807) is 0 Å².